The quantitative estimate of drug-likeness (QED) is 0.802. The van der Waals surface area contributed by atoms with Crippen LogP contribution in [0, 0.1) is 0 Å². The minimum absolute atomic E-state index is 0.914. The summed E-state index contributed by atoms with van der Waals surface area (Å²) in [6.07, 6.45) is 3.76. The smallest absolute Gasteiger partial charge is 0.128 e. The van der Waals surface area contributed by atoms with E-state index in [1.165, 1.54) is 0 Å². The molecule has 3 rings (SSSR count). The predicted octanol–water partition coefficient (Wildman–Crippen LogP) is 3.00. The summed E-state index contributed by atoms with van der Waals surface area (Å²) < 4.78 is 1.07. The number of hydrogen-bond donors (Lipinski definition) is 0. The first-order valence-electron chi connectivity index (χ1n) is 7.02. The maximum Gasteiger partial charge on any atom is 0.128 e. The summed E-state index contributed by atoms with van der Waals surface area (Å²) in [7, 11) is 0. The van der Waals surface area contributed by atoms with E-state index in [9.17, 15) is 0 Å². The lowest BCUT2D eigenvalue weighted by atomic mass is 10.2. The summed E-state index contributed by atoms with van der Waals surface area (Å²) in [6, 6.07) is 14.1. The zero-order chi connectivity index (χ0) is 14.5. The second-order valence-electron chi connectivity index (χ2n) is 4.89. The number of aromatic nitrogens is 1. The lowest BCUT2D eigenvalue weighted by Gasteiger charge is -2.33. The van der Waals surface area contributed by atoms with Crippen molar-refractivity contribution >= 4 is 28.0 Å². The third-order valence-corrected chi connectivity index (χ3v) is 4.22. The second-order valence-corrected chi connectivity index (χ2v) is 5.75. The molecule has 0 spiro atoms. The molecule has 1 aromatic carbocycles. The monoisotopic (exact) mass is 344 g/mol. The Morgan fingerprint density at radius 3 is 2.48 bits per heavy atom. The summed E-state index contributed by atoms with van der Waals surface area (Å²) in [4.78, 5) is 6.69. The van der Waals surface area contributed by atoms with Crippen molar-refractivity contribution in [1.29, 1.82) is 0 Å². The molecule has 1 aliphatic heterocycles. The fraction of sp³-hybridized carbons (Fsp3) is 0.250. The van der Waals surface area contributed by atoms with Crippen molar-refractivity contribution in [3.05, 3.63) is 58.7 Å². The Bertz CT molecular complexity index is 607. The van der Waals surface area contributed by atoms with Crippen LogP contribution in [0.2, 0.25) is 0 Å². The van der Waals surface area contributed by atoms with E-state index in [0.717, 1.165) is 42.0 Å². The van der Waals surface area contributed by atoms with Crippen LogP contribution in [-0.4, -0.2) is 42.4 Å². The largest absolute Gasteiger partial charge is 0.353 e. The molecule has 0 radical (unpaired) electrons. The van der Waals surface area contributed by atoms with Gasteiger partial charge in [0.25, 0.3) is 0 Å². The van der Waals surface area contributed by atoms with E-state index in [0.29, 0.717) is 0 Å². The molecular formula is C16H17BrN4. The lowest BCUT2D eigenvalue weighted by molar-refractivity contribution is 0.271. The van der Waals surface area contributed by atoms with Gasteiger partial charge in [-0.25, -0.2) is 4.98 Å². The molecule has 0 saturated carbocycles. The van der Waals surface area contributed by atoms with Crippen LogP contribution in [0.15, 0.2) is 58.2 Å². The van der Waals surface area contributed by atoms with Crippen LogP contribution in [0.25, 0.3) is 0 Å². The van der Waals surface area contributed by atoms with Crippen molar-refractivity contribution in [2.75, 3.05) is 31.1 Å². The van der Waals surface area contributed by atoms with Crippen LogP contribution < -0.4 is 4.90 Å². The number of benzene rings is 1. The zero-order valence-electron chi connectivity index (χ0n) is 11.7. The summed E-state index contributed by atoms with van der Waals surface area (Å²) >= 11 is 3.54. The molecule has 108 valence electrons. The van der Waals surface area contributed by atoms with Gasteiger partial charge in [-0.05, 0) is 18.2 Å². The van der Waals surface area contributed by atoms with Crippen molar-refractivity contribution in [2.24, 2.45) is 5.10 Å². The van der Waals surface area contributed by atoms with E-state index in [4.69, 9.17) is 0 Å². The molecule has 2 aromatic rings. The minimum Gasteiger partial charge on any atom is -0.353 e. The molecule has 0 aliphatic carbocycles. The third-order valence-electron chi connectivity index (χ3n) is 3.49. The molecule has 1 aromatic heterocycles. The van der Waals surface area contributed by atoms with Crippen LogP contribution >= 0.6 is 15.9 Å². The van der Waals surface area contributed by atoms with Crippen molar-refractivity contribution in [2.45, 2.75) is 0 Å². The Balaban J connectivity index is 1.58. The molecule has 2 heterocycles. The van der Waals surface area contributed by atoms with Gasteiger partial charge in [-0.2, -0.15) is 5.10 Å². The van der Waals surface area contributed by atoms with Crippen LogP contribution in [0.5, 0.6) is 0 Å². The molecule has 4 nitrogen and oxygen atoms in total. The maximum atomic E-state index is 4.57. The lowest BCUT2D eigenvalue weighted by Crippen LogP contribution is -2.44. The number of halogens is 1. The molecule has 1 aliphatic rings. The highest BCUT2D eigenvalue weighted by Crippen LogP contribution is 2.15. The van der Waals surface area contributed by atoms with Crippen LogP contribution in [0.4, 0.5) is 5.82 Å². The highest BCUT2D eigenvalue weighted by Gasteiger charge is 2.16. The van der Waals surface area contributed by atoms with Gasteiger partial charge >= 0.3 is 0 Å². The maximum absolute atomic E-state index is 4.57. The van der Waals surface area contributed by atoms with Crippen molar-refractivity contribution in [3.8, 4) is 0 Å². The zero-order valence-corrected chi connectivity index (χ0v) is 13.3. The van der Waals surface area contributed by atoms with Gasteiger partial charge in [-0.15, -0.1) is 0 Å². The minimum atomic E-state index is 0.914. The Morgan fingerprint density at radius 1 is 1.00 bits per heavy atom. The summed E-state index contributed by atoms with van der Waals surface area (Å²) in [5.74, 6) is 1.05. The summed E-state index contributed by atoms with van der Waals surface area (Å²) in [6.45, 7) is 3.73. The van der Waals surface area contributed by atoms with E-state index in [-0.39, 0.29) is 0 Å². The van der Waals surface area contributed by atoms with Gasteiger partial charge in [0.05, 0.1) is 19.3 Å². The Kier molecular flexibility index (Phi) is 4.50. The fourth-order valence-electron chi connectivity index (χ4n) is 2.30. The average molecular weight is 345 g/mol. The molecular weight excluding hydrogens is 328 g/mol. The molecule has 0 N–H and O–H groups in total. The van der Waals surface area contributed by atoms with Crippen LogP contribution in [0.3, 0.4) is 0 Å². The second kappa shape index (κ2) is 6.72. The molecule has 1 fully saturated rings. The van der Waals surface area contributed by atoms with Crippen LogP contribution in [-0.2, 0) is 0 Å². The van der Waals surface area contributed by atoms with Gasteiger partial charge in [0, 0.05) is 29.3 Å². The van der Waals surface area contributed by atoms with E-state index >= 15 is 0 Å². The van der Waals surface area contributed by atoms with Gasteiger partial charge in [0.2, 0.25) is 0 Å². The van der Waals surface area contributed by atoms with Crippen molar-refractivity contribution in [1.82, 2.24) is 9.99 Å². The van der Waals surface area contributed by atoms with E-state index in [1.807, 2.05) is 42.7 Å². The van der Waals surface area contributed by atoms with E-state index < -0.39 is 0 Å². The Morgan fingerprint density at radius 2 is 1.76 bits per heavy atom. The van der Waals surface area contributed by atoms with E-state index in [2.05, 4.69) is 48.1 Å². The van der Waals surface area contributed by atoms with Crippen LogP contribution in [0.1, 0.15) is 5.56 Å². The predicted molar refractivity (Wildman–Crippen MR) is 89.8 cm³/mol. The van der Waals surface area contributed by atoms with Gasteiger partial charge in [-0.1, -0.05) is 40.2 Å². The number of hydrazone groups is 1. The number of rotatable bonds is 3. The number of pyridine rings is 1. The van der Waals surface area contributed by atoms with Crippen molar-refractivity contribution in [3.63, 3.8) is 0 Å². The highest BCUT2D eigenvalue weighted by atomic mass is 79.9. The molecule has 5 heteroatoms. The molecule has 0 atom stereocenters. The standard InChI is InChI=1S/C16H17BrN4/c17-15-6-2-1-5-14(15)13-19-21-11-9-20(10-12-21)16-7-3-4-8-18-16/h1-8,13H,9-12H2/b19-13+. The first kappa shape index (κ1) is 14.1. The summed E-state index contributed by atoms with van der Waals surface area (Å²) in [5.41, 5.74) is 1.10. The first-order valence-corrected chi connectivity index (χ1v) is 7.82. The van der Waals surface area contributed by atoms with E-state index in [1.54, 1.807) is 0 Å². The van der Waals surface area contributed by atoms with Crippen molar-refractivity contribution < 1.29 is 0 Å². The van der Waals surface area contributed by atoms with Gasteiger partial charge in [0.1, 0.15) is 5.82 Å². The molecule has 0 unspecified atom stereocenters. The molecule has 0 bridgehead atoms. The molecule has 21 heavy (non-hydrogen) atoms. The fourth-order valence-corrected chi connectivity index (χ4v) is 2.69. The average Bonchev–Trinajstić information content (AvgIpc) is 2.55. The van der Waals surface area contributed by atoms with Gasteiger partial charge in [-0.3, -0.25) is 5.01 Å². The molecule has 0 amide bonds. The molecule has 1 saturated heterocycles. The topological polar surface area (TPSA) is 31.7 Å². The normalized spacial score (nSPS) is 15.7. The Labute approximate surface area is 133 Å². The number of nitrogens with zero attached hydrogens (tertiary/aromatic N) is 4. The number of hydrogen-bond acceptors (Lipinski definition) is 4. The number of anilines is 1. The first-order chi connectivity index (χ1) is 10.3. The SMILES string of the molecule is Brc1ccccc1/C=N/N1CCN(c2ccccn2)CC1. The van der Waals surface area contributed by atoms with Gasteiger partial charge < -0.3 is 4.90 Å². The number of piperazine rings is 1. The highest BCUT2D eigenvalue weighted by molar-refractivity contribution is 9.10. The summed E-state index contributed by atoms with van der Waals surface area (Å²) in [5, 5.41) is 6.68. The third kappa shape index (κ3) is 3.61. The Hall–Kier alpha value is -1.88. The van der Waals surface area contributed by atoms with Gasteiger partial charge in [0.15, 0.2) is 0 Å².